The zero-order valence-electron chi connectivity index (χ0n) is 10.5. The standard InChI is InChI=1S/C12H20ClN3/c1-5-6-10-11(13)14-8-15-12(10)16(4)7-9(2)3/h8-9H,5-7H2,1-4H3. The van der Waals surface area contributed by atoms with Crippen LogP contribution in [0.4, 0.5) is 5.82 Å². The summed E-state index contributed by atoms with van der Waals surface area (Å²) in [7, 11) is 2.05. The summed E-state index contributed by atoms with van der Waals surface area (Å²) in [5, 5.41) is 0.586. The Balaban J connectivity index is 2.97. The smallest absolute Gasteiger partial charge is 0.137 e. The van der Waals surface area contributed by atoms with E-state index < -0.39 is 0 Å². The van der Waals surface area contributed by atoms with Crippen LogP contribution in [0.3, 0.4) is 0 Å². The van der Waals surface area contributed by atoms with Crippen LogP contribution < -0.4 is 4.90 Å². The first-order chi connectivity index (χ1) is 7.56. The third kappa shape index (κ3) is 3.34. The van der Waals surface area contributed by atoms with Crippen LogP contribution in [0.5, 0.6) is 0 Å². The van der Waals surface area contributed by atoms with Crippen LogP contribution in [0.2, 0.25) is 5.15 Å². The molecule has 0 saturated carbocycles. The first-order valence-corrected chi connectivity index (χ1v) is 6.14. The number of nitrogens with zero attached hydrogens (tertiary/aromatic N) is 3. The molecule has 0 bridgehead atoms. The van der Waals surface area contributed by atoms with Gasteiger partial charge in [0, 0.05) is 19.2 Å². The Labute approximate surface area is 103 Å². The summed E-state index contributed by atoms with van der Waals surface area (Å²) in [5.74, 6) is 1.57. The van der Waals surface area contributed by atoms with Crippen molar-refractivity contribution in [3.05, 3.63) is 17.0 Å². The monoisotopic (exact) mass is 241 g/mol. The average molecular weight is 242 g/mol. The summed E-state index contributed by atoms with van der Waals surface area (Å²) < 4.78 is 0. The van der Waals surface area contributed by atoms with Gasteiger partial charge in [0.1, 0.15) is 17.3 Å². The molecule has 1 aromatic rings. The van der Waals surface area contributed by atoms with E-state index in [0.29, 0.717) is 11.1 Å². The second kappa shape index (κ2) is 6.04. The number of halogens is 1. The predicted octanol–water partition coefficient (Wildman–Crippen LogP) is 3.17. The molecule has 0 radical (unpaired) electrons. The lowest BCUT2D eigenvalue weighted by atomic mass is 10.1. The third-order valence-electron chi connectivity index (χ3n) is 2.37. The predicted molar refractivity (Wildman–Crippen MR) is 69.1 cm³/mol. The van der Waals surface area contributed by atoms with Crippen molar-refractivity contribution in [1.29, 1.82) is 0 Å². The first kappa shape index (κ1) is 13.2. The van der Waals surface area contributed by atoms with Gasteiger partial charge in [0.05, 0.1) is 0 Å². The number of anilines is 1. The molecule has 0 aliphatic carbocycles. The van der Waals surface area contributed by atoms with Crippen molar-refractivity contribution in [2.24, 2.45) is 5.92 Å². The molecular formula is C12H20ClN3. The Kier molecular flexibility index (Phi) is 5.00. The van der Waals surface area contributed by atoms with Crippen molar-refractivity contribution in [1.82, 2.24) is 9.97 Å². The van der Waals surface area contributed by atoms with Crippen LogP contribution in [-0.4, -0.2) is 23.6 Å². The quantitative estimate of drug-likeness (QED) is 0.742. The fourth-order valence-electron chi connectivity index (χ4n) is 1.81. The third-order valence-corrected chi connectivity index (χ3v) is 2.70. The number of aromatic nitrogens is 2. The van der Waals surface area contributed by atoms with E-state index >= 15 is 0 Å². The molecule has 1 heterocycles. The molecule has 1 rings (SSSR count). The molecule has 0 spiro atoms. The first-order valence-electron chi connectivity index (χ1n) is 5.76. The van der Waals surface area contributed by atoms with Crippen LogP contribution in [-0.2, 0) is 6.42 Å². The van der Waals surface area contributed by atoms with Gasteiger partial charge in [-0.05, 0) is 12.3 Å². The van der Waals surface area contributed by atoms with Crippen LogP contribution in [0, 0.1) is 5.92 Å². The number of rotatable bonds is 5. The summed E-state index contributed by atoms with van der Waals surface area (Å²) in [6.45, 7) is 7.50. The normalized spacial score (nSPS) is 10.9. The fourth-order valence-corrected chi connectivity index (χ4v) is 2.03. The molecule has 0 aliphatic rings. The summed E-state index contributed by atoms with van der Waals surface area (Å²) >= 11 is 6.11. The van der Waals surface area contributed by atoms with Crippen molar-refractivity contribution < 1.29 is 0 Å². The van der Waals surface area contributed by atoms with Gasteiger partial charge in [-0.15, -0.1) is 0 Å². The van der Waals surface area contributed by atoms with E-state index in [1.165, 1.54) is 6.33 Å². The Morgan fingerprint density at radius 2 is 2.06 bits per heavy atom. The van der Waals surface area contributed by atoms with Gasteiger partial charge < -0.3 is 4.90 Å². The van der Waals surface area contributed by atoms with Gasteiger partial charge in [0.25, 0.3) is 0 Å². The van der Waals surface area contributed by atoms with Crippen molar-refractivity contribution in [2.45, 2.75) is 33.6 Å². The molecule has 0 N–H and O–H groups in total. The lowest BCUT2D eigenvalue weighted by Crippen LogP contribution is -2.25. The highest BCUT2D eigenvalue weighted by molar-refractivity contribution is 6.30. The molecule has 0 unspecified atom stereocenters. The van der Waals surface area contributed by atoms with E-state index in [0.717, 1.165) is 30.8 Å². The highest BCUT2D eigenvalue weighted by atomic mass is 35.5. The Morgan fingerprint density at radius 3 is 2.62 bits per heavy atom. The maximum atomic E-state index is 6.11. The lowest BCUT2D eigenvalue weighted by molar-refractivity contribution is 0.632. The minimum Gasteiger partial charge on any atom is -0.359 e. The van der Waals surface area contributed by atoms with Crippen molar-refractivity contribution in [3.8, 4) is 0 Å². The van der Waals surface area contributed by atoms with Crippen molar-refractivity contribution in [2.75, 3.05) is 18.5 Å². The number of hydrogen-bond acceptors (Lipinski definition) is 3. The molecule has 0 aromatic carbocycles. The van der Waals surface area contributed by atoms with Crippen molar-refractivity contribution >= 4 is 17.4 Å². The molecule has 0 fully saturated rings. The van der Waals surface area contributed by atoms with Crippen LogP contribution in [0.25, 0.3) is 0 Å². The van der Waals surface area contributed by atoms with Gasteiger partial charge in [0.15, 0.2) is 0 Å². The van der Waals surface area contributed by atoms with Crippen molar-refractivity contribution in [3.63, 3.8) is 0 Å². The summed E-state index contributed by atoms with van der Waals surface area (Å²) in [6, 6.07) is 0. The minimum absolute atomic E-state index is 0.586. The van der Waals surface area contributed by atoms with Gasteiger partial charge in [-0.2, -0.15) is 0 Å². The topological polar surface area (TPSA) is 29.0 Å². The Hall–Kier alpha value is -0.830. The molecule has 3 nitrogen and oxygen atoms in total. The maximum absolute atomic E-state index is 6.11. The molecule has 90 valence electrons. The SMILES string of the molecule is CCCc1c(Cl)ncnc1N(C)CC(C)C. The molecule has 0 amide bonds. The lowest BCUT2D eigenvalue weighted by Gasteiger charge is -2.23. The molecule has 4 heteroatoms. The largest absolute Gasteiger partial charge is 0.359 e. The van der Waals surface area contributed by atoms with Crippen LogP contribution in [0.15, 0.2) is 6.33 Å². The molecular weight excluding hydrogens is 222 g/mol. The Morgan fingerprint density at radius 1 is 1.38 bits per heavy atom. The van der Waals surface area contributed by atoms with E-state index in [-0.39, 0.29) is 0 Å². The van der Waals surface area contributed by atoms with Gasteiger partial charge in [-0.25, -0.2) is 9.97 Å². The van der Waals surface area contributed by atoms with E-state index in [9.17, 15) is 0 Å². The summed E-state index contributed by atoms with van der Waals surface area (Å²) in [6.07, 6.45) is 3.51. The molecule has 0 aliphatic heterocycles. The van der Waals surface area contributed by atoms with Gasteiger partial charge in [-0.1, -0.05) is 38.8 Å². The molecule has 0 atom stereocenters. The highest BCUT2D eigenvalue weighted by Gasteiger charge is 2.13. The van der Waals surface area contributed by atoms with Gasteiger partial charge in [0.2, 0.25) is 0 Å². The average Bonchev–Trinajstić information content (AvgIpc) is 2.20. The zero-order valence-corrected chi connectivity index (χ0v) is 11.3. The second-order valence-electron chi connectivity index (χ2n) is 4.49. The van der Waals surface area contributed by atoms with Gasteiger partial charge in [-0.3, -0.25) is 0 Å². The van der Waals surface area contributed by atoms with E-state index in [2.05, 4.69) is 42.7 Å². The van der Waals surface area contributed by atoms with Crippen LogP contribution in [0.1, 0.15) is 32.8 Å². The molecule has 0 saturated heterocycles. The van der Waals surface area contributed by atoms with Crippen LogP contribution >= 0.6 is 11.6 Å². The minimum atomic E-state index is 0.586. The highest BCUT2D eigenvalue weighted by Crippen LogP contribution is 2.24. The van der Waals surface area contributed by atoms with Gasteiger partial charge >= 0.3 is 0 Å². The zero-order chi connectivity index (χ0) is 12.1. The second-order valence-corrected chi connectivity index (χ2v) is 4.85. The van der Waals surface area contributed by atoms with E-state index in [1.807, 2.05) is 0 Å². The summed E-state index contributed by atoms with van der Waals surface area (Å²) in [4.78, 5) is 10.5. The Bertz CT molecular complexity index is 339. The number of hydrogen-bond donors (Lipinski definition) is 0. The fraction of sp³-hybridized carbons (Fsp3) is 0.667. The molecule has 1 aromatic heterocycles. The molecule has 16 heavy (non-hydrogen) atoms. The summed E-state index contributed by atoms with van der Waals surface area (Å²) in [5.41, 5.74) is 1.06. The maximum Gasteiger partial charge on any atom is 0.137 e. The van der Waals surface area contributed by atoms with E-state index in [1.54, 1.807) is 0 Å². The van der Waals surface area contributed by atoms with E-state index in [4.69, 9.17) is 11.6 Å².